The number of hydrogen-bond donors (Lipinski definition) is 0. The molecule has 0 N–H and O–H groups in total. The summed E-state index contributed by atoms with van der Waals surface area (Å²) in [5, 5.41) is 5.43. The Balaban J connectivity index is 1.28. The van der Waals surface area contributed by atoms with E-state index in [0.717, 1.165) is 76.1 Å². The zero-order valence-corrected chi connectivity index (χ0v) is 28.3. The highest BCUT2D eigenvalue weighted by molar-refractivity contribution is 6.02. The van der Waals surface area contributed by atoms with E-state index in [-0.39, 0.29) is 23.6 Å². The van der Waals surface area contributed by atoms with Gasteiger partial charge in [-0.3, -0.25) is 4.98 Å². The van der Waals surface area contributed by atoms with Gasteiger partial charge in [0.1, 0.15) is 18.7 Å². The van der Waals surface area contributed by atoms with Crippen molar-refractivity contribution in [1.82, 2.24) is 4.98 Å². The zero-order valence-electron chi connectivity index (χ0n) is 28.3. The smallest absolute Gasteiger partial charge is 0.363 e. The molecule has 0 saturated carbocycles. The van der Waals surface area contributed by atoms with E-state index < -0.39 is 36.2 Å². The summed E-state index contributed by atoms with van der Waals surface area (Å²) in [4.78, 5) is 4.57. The van der Waals surface area contributed by atoms with E-state index in [9.17, 15) is 26.3 Å². The number of nitrogens with zero attached hydrogens (tertiary/aromatic N) is 2. The van der Waals surface area contributed by atoms with E-state index in [1.807, 2.05) is 60.7 Å². The average molecular weight is 712 g/mol. The Kier molecular flexibility index (Phi) is 8.62. The molecule has 2 bridgehead atoms. The van der Waals surface area contributed by atoms with E-state index >= 15 is 0 Å². The van der Waals surface area contributed by atoms with Crippen molar-refractivity contribution in [2.75, 3.05) is 13.1 Å². The standard InChI is InChI=1S/C43H37F6N2O/c1-2-28-24-51(25-38-34-11-5-3-9-30(34)21-31-10-4-6-12-35(31)38)18-16-29(28)22-40(51)41(37-15-17-50-39-14-8-7-13-36(37)39)52-26-27-19-32(42(44,45)46)23-33(20-27)43(47,48)49/h2-15,17,19-21,23,28-29,40-41H,1,16,18,22,24-26H2/q+1/t28?,29?,40?,41-,51?/m1/s1. The van der Waals surface area contributed by atoms with Crippen LogP contribution in [0.2, 0.25) is 0 Å². The van der Waals surface area contributed by atoms with Crippen LogP contribution in [0.3, 0.4) is 0 Å². The van der Waals surface area contributed by atoms with Crippen LogP contribution in [0.1, 0.15) is 46.8 Å². The fraction of sp³-hybridized carbons (Fsp3) is 0.279. The zero-order chi connectivity index (χ0) is 36.3. The molecule has 4 unspecified atom stereocenters. The number of hydrogen-bond acceptors (Lipinski definition) is 2. The van der Waals surface area contributed by atoms with Crippen molar-refractivity contribution in [3.05, 3.63) is 150 Å². The molecule has 4 heterocycles. The van der Waals surface area contributed by atoms with Crippen LogP contribution in [0.25, 0.3) is 32.4 Å². The monoisotopic (exact) mass is 711 g/mol. The molecule has 9 rings (SSSR count). The Hall–Kier alpha value is -4.73. The Bertz CT molecular complexity index is 2210. The van der Waals surface area contributed by atoms with Crippen LogP contribution < -0.4 is 0 Å². The maximum Gasteiger partial charge on any atom is 0.416 e. The second kappa shape index (κ2) is 13.0. The first-order valence-corrected chi connectivity index (χ1v) is 17.5. The maximum absolute atomic E-state index is 13.9. The van der Waals surface area contributed by atoms with Crippen molar-refractivity contribution in [3.63, 3.8) is 0 Å². The number of rotatable bonds is 8. The van der Waals surface area contributed by atoms with Crippen LogP contribution in [-0.2, 0) is 30.2 Å². The molecule has 266 valence electrons. The summed E-state index contributed by atoms with van der Waals surface area (Å²) in [6.07, 6.45) is -5.09. The lowest BCUT2D eigenvalue weighted by atomic mass is 9.70. The van der Waals surface area contributed by atoms with E-state index in [0.29, 0.717) is 16.9 Å². The first kappa shape index (κ1) is 34.4. The summed E-state index contributed by atoms with van der Waals surface area (Å²) in [5.74, 6) is 0.565. The average Bonchev–Trinajstić information content (AvgIpc) is 3.14. The van der Waals surface area contributed by atoms with Crippen LogP contribution in [0, 0.1) is 11.8 Å². The third kappa shape index (κ3) is 6.24. The highest BCUT2D eigenvalue weighted by Gasteiger charge is 2.55. The Morgan fingerprint density at radius 2 is 1.40 bits per heavy atom. The molecule has 3 aliphatic heterocycles. The number of fused-ring (bicyclic) bond motifs is 6. The number of halogens is 6. The normalized spacial score (nSPS) is 22.6. The highest BCUT2D eigenvalue weighted by atomic mass is 19.4. The first-order valence-electron chi connectivity index (χ1n) is 17.5. The SMILES string of the molecule is C=CC1C[N+]2(Cc3c4ccccc4cc4ccccc34)CCC1CC2[C@H](OCc1cc(C(F)(F)F)cc(C(F)(F)F)c1)c1ccnc2ccccc12. The summed E-state index contributed by atoms with van der Waals surface area (Å²) in [7, 11) is 0. The molecule has 0 radical (unpaired) electrons. The number of benzene rings is 5. The number of para-hydroxylation sites is 1. The number of pyridine rings is 1. The molecule has 3 fully saturated rings. The molecular formula is C43H37F6N2O+. The molecule has 3 aliphatic rings. The van der Waals surface area contributed by atoms with Gasteiger partial charge in [0, 0.05) is 35.9 Å². The lowest BCUT2D eigenvalue weighted by molar-refractivity contribution is -0.984. The van der Waals surface area contributed by atoms with Crippen LogP contribution in [0.5, 0.6) is 0 Å². The largest absolute Gasteiger partial charge is 0.416 e. The molecule has 9 heteroatoms. The molecule has 5 aromatic carbocycles. The summed E-state index contributed by atoms with van der Waals surface area (Å²) < 4.78 is 90.7. The van der Waals surface area contributed by atoms with Crippen molar-refractivity contribution in [2.24, 2.45) is 11.8 Å². The molecule has 3 nitrogen and oxygen atoms in total. The van der Waals surface area contributed by atoms with Gasteiger partial charge in [-0.2, -0.15) is 26.3 Å². The predicted octanol–water partition coefficient (Wildman–Crippen LogP) is 11.4. The topological polar surface area (TPSA) is 22.1 Å². The van der Waals surface area contributed by atoms with E-state index in [4.69, 9.17) is 4.74 Å². The minimum absolute atomic E-state index is 0.160. The number of ether oxygens (including phenoxy) is 1. The lowest BCUT2D eigenvalue weighted by Crippen LogP contribution is -2.67. The van der Waals surface area contributed by atoms with Crippen LogP contribution in [-0.4, -0.2) is 28.6 Å². The molecule has 1 aromatic heterocycles. The molecule has 52 heavy (non-hydrogen) atoms. The van der Waals surface area contributed by atoms with Crippen LogP contribution in [0.4, 0.5) is 26.3 Å². The third-order valence-electron chi connectivity index (χ3n) is 11.4. The minimum atomic E-state index is -4.96. The van der Waals surface area contributed by atoms with Crippen molar-refractivity contribution >= 4 is 32.4 Å². The summed E-state index contributed by atoms with van der Waals surface area (Å²) in [6, 6.07) is 30.0. The van der Waals surface area contributed by atoms with Gasteiger partial charge >= 0.3 is 12.4 Å². The second-order valence-electron chi connectivity index (χ2n) is 14.4. The Morgan fingerprint density at radius 1 is 0.788 bits per heavy atom. The minimum Gasteiger partial charge on any atom is -0.363 e. The molecule has 6 aromatic rings. The van der Waals surface area contributed by atoms with Gasteiger partial charge in [-0.25, -0.2) is 0 Å². The number of aromatic nitrogens is 1. The molecule has 0 aliphatic carbocycles. The van der Waals surface area contributed by atoms with Gasteiger partial charge in [0.2, 0.25) is 0 Å². The van der Waals surface area contributed by atoms with Crippen molar-refractivity contribution < 1.29 is 35.6 Å². The van der Waals surface area contributed by atoms with Crippen molar-refractivity contribution in [1.29, 1.82) is 0 Å². The molecule has 5 atom stereocenters. The molecule has 3 saturated heterocycles. The predicted molar refractivity (Wildman–Crippen MR) is 191 cm³/mol. The Morgan fingerprint density at radius 3 is 2.04 bits per heavy atom. The van der Waals surface area contributed by atoms with E-state index in [1.165, 1.54) is 5.56 Å². The maximum atomic E-state index is 13.9. The quantitative estimate of drug-likeness (QED) is 0.0679. The molecule has 0 amide bonds. The summed E-state index contributed by atoms with van der Waals surface area (Å²) >= 11 is 0. The van der Waals surface area contributed by atoms with Gasteiger partial charge in [0.15, 0.2) is 0 Å². The Labute approximate surface area is 297 Å². The van der Waals surface area contributed by atoms with Crippen molar-refractivity contribution in [2.45, 2.75) is 50.5 Å². The van der Waals surface area contributed by atoms with Crippen molar-refractivity contribution in [3.8, 4) is 0 Å². The fourth-order valence-corrected chi connectivity index (χ4v) is 9.02. The first-order chi connectivity index (χ1) is 24.9. The van der Waals surface area contributed by atoms with Gasteiger partial charge in [0.05, 0.1) is 36.3 Å². The third-order valence-corrected chi connectivity index (χ3v) is 11.4. The fourth-order valence-electron chi connectivity index (χ4n) is 9.02. The van der Waals surface area contributed by atoms with Crippen LogP contribution in [0.15, 0.2) is 122 Å². The molecular weight excluding hydrogens is 674 g/mol. The molecule has 0 spiro atoms. The van der Waals surface area contributed by atoms with Gasteiger partial charge in [-0.15, -0.1) is 6.58 Å². The number of piperidine rings is 3. The van der Waals surface area contributed by atoms with Crippen LogP contribution >= 0.6 is 0 Å². The van der Waals surface area contributed by atoms with E-state index in [1.54, 1.807) is 6.20 Å². The van der Waals surface area contributed by atoms with Gasteiger partial charge in [0.25, 0.3) is 0 Å². The summed E-state index contributed by atoms with van der Waals surface area (Å²) in [6.45, 7) is 6.09. The van der Waals surface area contributed by atoms with Gasteiger partial charge in [-0.1, -0.05) is 72.8 Å². The highest BCUT2D eigenvalue weighted by Crippen LogP contribution is 2.50. The number of alkyl halides is 6. The van der Waals surface area contributed by atoms with E-state index in [2.05, 4.69) is 41.9 Å². The summed E-state index contributed by atoms with van der Waals surface area (Å²) in [5.41, 5.74) is -0.120. The van der Waals surface area contributed by atoms with Gasteiger partial charge < -0.3 is 9.22 Å². The van der Waals surface area contributed by atoms with Gasteiger partial charge in [-0.05, 0) is 75.0 Å². The lowest BCUT2D eigenvalue weighted by Gasteiger charge is -2.58. The second-order valence-corrected chi connectivity index (χ2v) is 14.4. The number of quaternary nitrogens is 1.